The number of nitrogens with zero attached hydrogens (tertiary/aromatic N) is 2. The molecule has 1 fully saturated rings. The van der Waals surface area contributed by atoms with Crippen molar-refractivity contribution in [1.29, 1.82) is 0 Å². The predicted octanol–water partition coefficient (Wildman–Crippen LogP) is 0.0637. The number of amides is 2. The van der Waals surface area contributed by atoms with Crippen molar-refractivity contribution in [1.82, 2.24) is 9.80 Å². The van der Waals surface area contributed by atoms with E-state index in [1.54, 1.807) is 6.92 Å². The van der Waals surface area contributed by atoms with Gasteiger partial charge in [0.1, 0.15) is 0 Å². The third-order valence-corrected chi connectivity index (χ3v) is 2.17. The van der Waals surface area contributed by atoms with Crippen LogP contribution in [0.1, 0.15) is 6.92 Å². The molecule has 0 unspecified atom stereocenters. The van der Waals surface area contributed by atoms with E-state index >= 15 is 0 Å². The van der Waals surface area contributed by atoms with Gasteiger partial charge in [0.05, 0.1) is 13.1 Å². The van der Waals surface area contributed by atoms with Gasteiger partial charge in [0.25, 0.3) is 0 Å². The first-order valence-electron chi connectivity index (χ1n) is 4.60. The van der Waals surface area contributed by atoms with Crippen molar-refractivity contribution in [3.8, 4) is 0 Å². The summed E-state index contributed by atoms with van der Waals surface area (Å²) in [6.07, 6.45) is -1.29. The van der Waals surface area contributed by atoms with E-state index in [1.165, 1.54) is 4.90 Å². The monoisotopic (exact) mass is 223 g/mol. The van der Waals surface area contributed by atoms with Gasteiger partial charge in [-0.2, -0.15) is 0 Å². The minimum atomic E-state index is -5.07. The standard InChI is InChI=1S/C7H11BF3N2O2/c1-2-12-3-7(15)13(4-6(12)14)5-8(9,10)11/h2-5H2,1H3/q-1. The van der Waals surface area contributed by atoms with Gasteiger partial charge in [-0.3, -0.25) is 9.59 Å². The molecule has 0 aliphatic carbocycles. The second-order valence-corrected chi connectivity index (χ2v) is 3.39. The van der Waals surface area contributed by atoms with Crippen molar-refractivity contribution in [3.05, 3.63) is 0 Å². The van der Waals surface area contributed by atoms with Crippen LogP contribution in [0.2, 0.25) is 0 Å². The number of rotatable bonds is 3. The normalized spacial score (nSPS) is 18.7. The van der Waals surface area contributed by atoms with Gasteiger partial charge in [-0.25, -0.2) is 0 Å². The number of carbonyl (C=O) groups excluding carboxylic acids is 2. The number of halogens is 3. The van der Waals surface area contributed by atoms with Crippen LogP contribution in [0.15, 0.2) is 0 Å². The average Bonchev–Trinajstić information content (AvgIpc) is 2.08. The molecular formula is C7H11BF3N2O2-. The SMILES string of the molecule is CCN1CC(=O)N(C[B-](F)(F)F)CC1=O. The molecule has 1 saturated heterocycles. The van der Waals surface area contributed by atoms with Crippen LogP contribution in [0, 0.1) is 0 Å². The minimum absolute atomic E-state index is 0.249. The fourth-order valence-electron chi connectivity index (χ4n) is 1.41. The smallest absolute Gasteiger partial charge is 0.448 e. The van der Waals surface area contributed by atoms with Crippen LogP contribution in [0.25, 0.3) is 0 Å². The molecule has 1 heterocycles. The van der Waals surface area contributed by atoms with Gasteiger partial charge < -0.3 is 22.7 Å². The maximum atomic E-state index is 12.1. The zero-order chi connectivity index (χ0) is 11.6. The summed E-state index contributed by atoms with van der Waals surface area (Å²) in [5.41, 5.74) is 0. The molecule has 0 atom stereocenters. The summed E-state index contributed by atoms with van der Waals surface area (Å²) in [6, 6.07) is 0. The van der Waals surface area contributed by atoms with Gasteiger partial charge in [-0.05, 0) is 13.4 Å². The zero-order valence-corrected chi connectivity index (χ0v) is 8.25. The van der Waals surface area contributed by atoms with Gasteiger partial charge in [0.15, 0.2) is 0 Å². The maximum absolute atomic E-state index is 12.1. The molecule has 0 saturated carbocycles. The van der Waals surface area contributed by atoms with E-state index in [1.807, 2.05) is 0 Å². The summed E-state index contributed by atoms with van der Waals surface area (Å²) in [4.78, 5) is 24.3. The fourth-order valence-corrected chi connectivity index (χ4v) is 1.41. The lowest BCUT2D eigenvalue weighted by Crippen LogP contribution is -2.56. The highest BCUT2D eigenvalue weighted by Gasteiger charge is 2.34. The molecule has 8 heteroatoms. The van der Waals surface area contributed by atoms with Crippen molar-refractivity contribution in [2.45, 2.75) is 6.92 Å². The van der Waals surface area contributed by atoms with Gasteiger partial charge in [-0.15, -0.1) is 0 Å². The summed E-state index contributed by atoms with van der Waals surface area (Å²) in [7, 11) is 0. The molecule has 0 bridgehead atoms. The molecule has 0 spiro atoms. The molecule has 0 aromatic heterocycles. The molecule has 0 aromatic carbocycles. The Balaban J connectivity index is 2.63. The number of likely N-dealkylation sites (N-methyl/N-ethyl adjacent to an activating group) is 1. The Morgan fingerprint density at radius 1 is 1.13 bits per heavy atom. The van der Waals surface area contributed by atoms with Crippen LogP contribution in [0.3, 0.4) is 0 Å². The number of piperazine rings is 1. The highest BCUT2D eigenvalue weighted by atomic mass is 19.4. The molecule has 1 aliphatic rings. The molecule has 4 nitrogen and oxygen atoms in total. The van der Waals surface area contributed by atoms with E-state index in [4.69, 9.17) is 0 Å². The van der Waals surface area contributed by atoms with Crippen LogP contribution < -0.4 is 0 Å². The Labute approximate surface area is 85.1 Å². The molecule has 1 rings (SSSR count). The van der Waals surface area contributed by atoms with E-state index in [0.29, 0.717) is 11.4 Å². The van der Waals surface area contributed by atoms with Gasteiger partial charge in [0, 0.05) is 6.54 Å². The first kappa shape index (κ1) is 11.9. The zero-order valence-electron chi connectivity index (χ0n) is 8.25. The fraction of sp³-hybridized carbons (Fsp3) is 0.714. The van der Waals surface area contributed by atoms with Gasteiger partial charge in [-0.1, -0.05) is 0 Å². The first-order chi connectivity index (χ1) is 6.83. The predicted molar refractivity (Wildman–Crippen MR) is 47.9 cm³/mol. The lowest BCUT2D eigenvalue weighted by molar-refractivity contribution is -0.149. The number of carbonyl (C=O) groups is 2. The van der Waals surface area contributed by atoms with Crippen LogP contribution >= 0.6 is 0 Å². The molecule has 1 aliphatic heterocycles. The largest absolute Gasteiger partial charge is 0.497 e. The topological polar surface area (TPSA) is 40.6 Å². The Morgan fingerprint density at radius 2 is 1.60 bits per heavy atom. The molecule has 0 N–H and O–H groups in total. The molecule has 15 heavy (non-hydrogen) atoms. The second-order valence-electron chi connectivity index (χ2n) is 3.39. The van der Waals surface area contributed by atoms with Gasteiger partial charge >= 0.3 is 6.98 Å². The summed E-state index contributed by atoms with van der Waals surface area (Å²) in [6.45, 7) is -3.76. The lowest BCUT2D eigenvalue weighted by Gasteiger charge is -2.35. The van der Waals surface area contributed by atoms with E-state index in [0.717, 1.165) is 0 Å². The van der Waals surface area contributed by atoms with Crippen molar-refractivity contribution in [2.75, 3.05) is 26.1 Å². The molecule has 2 amide bonds. The van der Waals surface area contributed by atoms with Crippen molar-refractivity contribution >= 4 is 18.8 Å². The Hall–Kier alpha value is -1.21. The Morgan fingerprint density at radius 3 is 2.07 bits per heavy atom. The van der Waals surface area contributed by atoms with E-state index in [-0.39, 0.29) is 6.54 Å². The average molecular weight is 223 g/mol. The third-order valence-electron chi connectivity index (χ3n) is 2.17. The van der Waals surface area contributed by atoms with Crippen LogP contribution in [-0.4, -0.2) is 54.7 Å². The Bertz CT molecular complexity index is 282. The summed E-state index contributed by atoms with van der Waals surface area (Å²) < 4.78 is 36.2. The van der Waals surface area contributed by atoms with Crippen molar-refractivity contribution < 1.29 is 22.5 Å². The Kier molecular flexibility index (Phi) is 3.26. The van der Waals surface area contributed by atoms with Crippen LogP contribution in [0.5, 0.6) is 0 Å². The van der Waals surface area contributed by atoms with Gasteiger partial charge in [0.2, 0.25) is 11.8 Å². The van der Waals surface area contributed by atoms with E-state index in [9.17, 15) is 22.5 Å². The molecule has 0 aromatic rings. The van der Waals surface area contributed by atoms with Crippen molar-refractivity contribution in [3.63, 3.8) is 0 Å². The van der Waals surface area contributed by atoms with Crippen molar-refractivity contribution in [2.24, 2.45) is 0 Å². The highest BCUT2D eigenvalue weighted by molar-refractivity contribution is 6.58. The molecule has 0 radical (unpaired) electrons. The maximum Gasteiger partial charge on any atom is 0.497 e. The minimum Gasteiger partial charge on any atom is -0.448 e. The summed E-state index contributed by atoms with van der Waals surface area (Å²) in [5.74, 6) is -1.08. The first-order valence-corrected chi connectivity index (χ1v) is 4.60. The van der Waals surface area contributed by atoms with E-state index < -0.39 is 31.8 Å². The van der Waals surface area contributed by atoms with E-state index in [2.05, 4.69) is 0 Å². The number of hydrogen-bond donors (Lipinski definition) is 0. The summed E-state index contributed by atoms with van der Waals surface area (Å²) in [5, 5.41) is 0. The quantitative estimate of drug-likeness (QED) is 0.635. The third kappa shape index (κ3) is 3.14. The second kappa shape index (κ2) is 4.12. The lowest BCUT2D eigenvalue weighted by atomic mass is 9.91. The van der Waals surface area contributed by atoms with Crippen LogP contribution in [0.4, 0.5) is 12.9 Å². The molecular weight excluding hydrogens is 212 g/mol. The van der Waals surface area contributed by atoms with Crippen LogP contribution in [-0.2, 0) is 9.59 Å². The number of hydrogen-bond acceptors (Lipinski definition) is 2. The summed E-state index contributed by atoms with van der Waals surface area (Å²) >= 11 is 0. The molecule has 86 valence electrons. The highest BCUT2D eigenvalue weighted by Crippen LogP contribution is 2.13.